The number of nitrogens with zero attached hydrogens (tertiary/aromatic N) is 1. The zero-order chi connectivity index (χ0) is 13.9. The van der Waals surface area contributed by atoms with Crippen LogP contribution >= 0.6 is 0 Å². The summed E-state index contributed by atoms with van der Waals surface area (Å²) >= 11 is 0. The Labute approximate surface area is 114 Å². The van der Waals surface area contributed by atoms with Crippen LogP contribution in [0.25, 0.3) is 6.08 Å². The van der Waals surface area contributed by atoms with Crippen LogP contribution in [0.1, 0.15) is 5.69 Å². The molecule has 0 saturated heterocycles. The van der Waals surface area contributed by atoms with Crippen LogP contribution in [0.5, 0.6) is 0 Å². The third-order valence-corrected chi connectivity index (χ3v) is 2.80. The van der Waals surface area contributed by atoms with Gasteiger partial charge in [0.1, 0.15) is 5.82 Å². The molecular weight excluding hydrogens is 259 g/mol. The molecule has 0 spiro atoms. The number of aromatic nitrogens is 1. The first-order valence-electron chi connectivity index (χ1n) is 5.98. The zero-order valence-corrected chi connectivity index (χ0v) is 10.4. The fraction of sp³-hybridized carbons (Fsp3) is 0. The molecule has 0 bridgehead atoms. The van der Waals surface area contributed by atoms with E-state index in [4.69, 9.17) is 0 Å². The Morgan fingerprint density at radius 3 is 2.70 bits per heavy atom. The minimum atomic E-state index is -0.319. The van der Waals surface area contributed by atoms with E-state index in [-0.39, 0.29) is 11.7 Å². The Morgan fingerprint density at radius 2 is 2.00 bits per heavy atom. The van der Waals surface area contributed by atoms with Gasteiger partial charge in [-0.3, -0.25) is 4.79 Å². The number of anilines is 1. The van der Waals surface area contributed by atoms with Crippen LogP contribution in [0.15, 0.2) is 53.3 Å². The van der Waals surface area contributed by atoms with E-state index < -0.39 is 0 Å². The van der Waals surface area contributed by atoms with Gasteiger partial charge in [0.15, 0.2) is 5.84 Å². The molecule has 0 fully saturated rings. The summed E-state index contributed by atoms with van der Waals surface area (Å²) in [4.78, 5) is 14.7. The number of H-pyrrole nitrogens is 1. The standard InChI is InChI=1S/C14H11FN4O/c15-9-3-5-10(6-4-9)17-13-12(14(20)19-18-13)8-11-2-1-7-16-11/h1-8,16H,(H,17,18)(H,19,20). The topological polar surface area (TPSA) is 69.3 Å². The molecule has 100 valence electrons. The molecular formula is C14H11FN4O. The van der Waals surface area contributed by atoms with Crippen molar-refractivity contribution in [1.29, 1.82) is 0 Å². The van der Waals surface area contributed by atoms with Crippen molar-refractivity contribution < 1.29 is 9.18 Å². The van der Waals surface area contributed by atoms with Gasteiger partial charge in [-0.15, -0.1) is 0 Å². The zero-order valence-electron chi connectivity index (χ0n) is 10.4. The number of hydrogen-bond donors (Lipinski definition) is 3. The quantitative estimate of drug-likeness (QED) is 0.731. The predicted molar refractivity (Wildman–Crippen MR) is 74.4 cm³/mol. The first-order valence-corrected chi connectivity index (χ1v) is 5.98. The lowest BCUT2D eigenvalue weighted by Gasteiger charge is -2.05. The van der Waals surface area contributed by atoms with E-state index >= 15 is 0 Å². The van der Waals surface area contributed by atoms with Gasteiger partial charge in [0.2, 0.25) is 0 Å². The molecule has 1 aliphatic rings. The Hall–Kier alpha value is -2.89. The second-order valence-electron chi connectivity index (χ2n) is 4.22. The predicted octanol–water partition coefficient (Wildman–Crippen LogP) is 2.09. The van der Waals surface area contributed by atoms with Gasteiger partial charge in [-0.25, -0.2) is 9.82 Å². The largest absolute Gasteiger partial charge is 0.362 e. The van der Waals surface area contributed by atoms with E-state index in [1.165, 1.54) is 12.1 Å². The highest BCUT2D eigenvalue weighted by Crippen LogP contribution is 2.15. The molecule has 0 aliphatic carbocycles. The molecule has 20 heavy (non-hydrogen) atoms. The fourth-order valence-corrected chi connectivity index (χ4v) is 1.82. The number of carbonyl (C=O) groups excluding carboxylic acids is 1. The molecule has 3 N–H and O–H groups in total. The third-order valence-electron chi connectivity index (χ3n) is 2.80. The van der Waals surface area contributed by atoms with Crippen molar-refractivity contribution in [3.63, 3.8) is 0 Å². The van der Waals surface area contributed by atoms with Crippen LogP contribution in [0.2, 0.25) is 0 Å². The molecule has 2 heterocycles. The number of hydrazone groups is 1. The van der Waals surface area contributed by atoms with Gasteiger partial charge in [0, 0.05) is 17.6 Å². The molecule has 2 aromatic rings. The number of nitrogens with one attached hydrogen (secondary N) is 3. The first-order chi connectivity index (χ1) is 9.72. The van der Waals surface area contributed by atoms with Gasteiger partial charge >= 0.3 is 0 Å². The van der Waals surface area contributed by atoms with Crippen LogP contribution < -0.4 is 10.7 Å². The average Bonchev–Trinajstić information content (AvgIpc) is 3.06. The van der Waals surface area contributed by atoms with Crippen molar-refractivity contribution in [1.82, 2.24) is 10.4 Å². The molecule has 0 radical (unpaired) electrons. The highest BCUT2D eigenvalue weighted by atomic mass is 19.1. The summed E-state index contributed by atoms with van der Waals surface area (Å²) in [5.41, 5.74) is 4.26. The lowest BCUT2D eigenvalue weighted by Crippen LogP contribution is -2.17. The highest BCUT2D eigenvalue weighted by molar-refractivity contribution is 6.30. The Morgan fingerprint density at radius 1 is 1.20 bits per heavy atom. The van der Waals surface area contributed by atoms with E-state index in [1.807, 2.05) is 12.1 Å². The molecule has 1 aromatic carbocycles. The van der Waals surface area contributed by atoms with Crippen LogP contribution in [0, 0.1) is 5.82 Å². The van der Waals surface area contributed by atoms with E-state index in [2.05, 4.69) is 20.8 Å². The number of halogens is 1. The number of carbonyl (C=O) groups is 1. The van der Waals surface area contributed by atoms with Crippen molar-refractivity contribution in [2.45, 2.75) is 0 Å². The maximum Gasteiger partial charge on any atom is 0.275 e. The summed E-state index contributed by atoms with van der Waals surface area (Å²) in [6, 6.07) is 9.50. The lowest BCUT2D eigenvalue weighted by molar-refractivity contribution is -0.116. The van der Waals surface area contributed by atoms with Crippen LogP contribution in [0.3, 0.4) is 0 Å². The molecule has 1 aromatic heterocycles. The van der Waals surface area contributed by atoms with Gasteiger partial charge in [-0.2, -0.15) is 5.10 Å². The Balaban J connectivity index is 1.85. The fourth-order valence-electron chi connectivity index (χ4n) is 1.82. The molecule has 3 rings (SSSR count). The molecule has 0 atom stereocenters. The first kappa shape index (κ1) is 12.2. The number of amides is 1. The van der Waals surface area contributed by atoms with Crippen molar-refractivity contribution in [2.75, 3.05) is 5.32 Å². The van der Waals surface area contributed by atoms with Crippen molar-refractivity contribution in [3.8, 4) is 0 Å². The molecule has 5 nitrogen and oxygen atoms in total. The minimum Gasteiger partial charge on any atom is -0.362 e. The monoisotopic (exact) mass is 270 g/mol. The maximum atomic E-state index is 12.9. The van der Waals surface area contributed by atoms with Crippen molar-refractivity contribution in [2.24, 2.45) is 5.10 Å². The summed E-state index contributed by atoms with van der Waals surface area (Å²) < 4.78 is 12.9. The summed E-state index contributed by atoms with van der Waals surface area (Å²) in [6.07, 6.45) is 3.46. The normalized spacial score (nSPS) is 16.1. The lowest BCUT2D eigenvalue weighted by atomic mass is 10.2. The number of hydrogen-bond acceptors (Lipinski definition) is 3. The number of benzene rings is 1. The average molecular weight is 270 g/mol. The minimum absolute atomic E-state index is 0.288. The summed E-state index contributed by atoms with van der Waals surface area (Å²) in [5, 5.41) is 6.91. The Bertz CT molecular complexity index is 686. The van der Waals surface area contributed by atoms with Crippen molar-refractivity contribution >= 4 is 23.5 Å². The molecule has 0 saturated carbocycles. The Kier molecular flexibility index (Phi) is 3.04. The van der Waals surface area contributed by atoms with E-state index in [1.54, 1.807) is 24.4 Å². The second-order valence-corrected chi connectivity index (χ2v) is 4.22. The molecule has 1 aliphatic heterocycles. The van der Waals surface area contributed by atoms with Crippen molar-refractivity contribution in [3.05, 3.63) is 59.7 Å². The molecule has 6 heteroatoms. The van der Waals surface area contributed by atoms with E-state index in [0.717, 1.165) is 5.69 Å². The van der Waals surface area contributed by atoms with Gasteiger partial charge in [-0.05, 0) is 42.5 Å². The third kappa shape index (κ3) is 2.44. The SMILES string of the molecule is O=C1NN=C(Nc2ccc(F)cc2)C1=Cc1ccc[nH]1. The number of rotatable bonds is 2. The maximum absolute atomic E-state index is 12.9. The van der Waals surface area contributed by atoms with Gasteiger partial charge in [0.25, 0.3) is 5.91 Å². The van der Waals surface area contributed by atoms with Gasteiger partial charge < -0.3 is 10.3 Å². The smallest absolute Gasteiger partial charge is 0.275 e. The number of aromatic amines is 1. The van der Waals surface area contributed by atoms with Crippen LogP contribution in [-0.4, -0.2) is 16.7 Å². The number of amidine groups is 1. The summed E-state index contributed by atoms with van der Waals surface area (Å²) in [6.45, 7) is 0. The van der Waals surface area contributed by atoms with Gasteiger partial charge in [-0.1, -0.05) is 0 Å². The van der Waals surface area contributed by atoms with E-state index in [0.29, 0.717) is 17.1 Å². The van der Waals surface area contributed by atoms with Gasteiger partial charge in [0.05, 0.1) is 5.57 Å². The van der Waals surface area contributed by atoms with E-state index in [9.17, 15) is 9.18 Å². The summed E-state index contributed by atoms with van der Waals surface area (Å²) in [7, 11) is 0. The molecule has 1 amide bonds. The second kappa shape index (κ2) is 5.00. The van der Waals surface area contributed by atoms with Crippen LogP contribution in [-0.2, 0) is 4.79 Å². The van der Waals surface area contributed by atoms with Crippen LogP contribution in [0.4, 0.5) is 10.1 Å². The molecule has 0 unspecified atom stereocenters. The summed E-state index contributed by atoms with van der Waals surface area (Å²) in [5.74, 6) is -0.208. The highest BCUT2D eigenvalue weighted by Gasteiger charge is 2.22.